The van der Waals surface area contributed by atoms with Crippen molar-refractivity contribution in [2.24, 2.45) is 0 Å². The zero-order chi connectivity index (χ0) is 15.9. The van der Waals surface area contributed by atoms with Gasteiger partial charge in [-0.1, -0.05) is 13.5 Å². The van der Waals surface area contributed by atoms with Gasteiger partial charge < -0.3 is 9.67 Å². The number of rotatable bonds is 4. The van der Waals surface area contributed by atoms with E-state index in [4.69, 9.17) is 0 Å². The number of hydrogen-bond donors (Lipinski definition) is 2. The number of nitrogens with zero attached hydrogens (tertiary/aromatic N) is 2. The van der Waals surface area contributed by atoms with Crippen LogP contribution in [-0.2, 0) is 4.79 Å². The van der Waals surface area contributed by atoms with Crippen LogP contribution in [0.1, 0.15) is 58.6 Å². The third-order valence-electron chi connectivity index (χ3n) is 4.13. The molecule has 5 heteroatoms. The van der Waals surface area contributed by atoms with Gasteiger partial charge >= 0.3 is 0 Å². The highest BCUT2D eigenvalue weighted by Crippen LogP contribution is 2.37. The molecule has 0 spiro atoms. The van der Waals surface area contributed by atoms with E-state index in [0.29, 0.717) is 12.0 Å². The number of carbonyl (C=O) groups excluding carboxylic acids is 1. The molecule has 1 saturated carbocycles. The first-order valence-electron chi connectivity index (χ1n) is 7.84. The summed E-state index contributed by atoms with van der Waals surface area (Å²) in [5.41, 5.74) is 2.13. The van der Waals surface area contributed by atoms with Gasteiger partial charge in [0.25, 0.3) is 0 Å². The number of nitrogens with one attached hydrogen (secondary N) is 1. The Hall–Kier alpha value is -1.88. The van der Waals surface area contributed by atoms with E-state index in [2.05, 4.69) is 27.9 Å². The fraction of sp³-hybridized carbons (Fsp3) is 0.556. The zero-order valence-corrected chi connectivity index (χ0v) is 13.4. The number of carbonyl (C=O) groups is 1. The molecule has 1 aliphatic carbocycles. The van der Waals surface area contributed by atoms with Gasteiger partial charge in [-0.2, -0.15) is 0 Å². The van der Waals surface area contributed by atoms with Crippen molar-refractivity contribution < 1.29 is 9.90 Å². The normalized spacial score (nSPS) is 15.1. The molecule has 0 unspecified atom stereocenters. The van der Waals surface area contributed by atoms with Crippen molar-refractivity contribution in [3.8, 4) is 0 Å². The van der Waals surface area contributed by atoms with E-state index in [1.807, 2.05) is 12.1 Å². The topological polar surface area (TPSA) is 67.2 Å². The molecule has 1 heterocycles. The smallest absolute Gasteiger partial charge is 0.229 e. The Bertz CT molecular complexity index is 709. The summed E-state index contributed by atoms with van der Waals surface area (Å²) in [6.07, 6.45) is 3.51. The molecule has 1 aliphatic rings. The molecule has 1 aromatic carbocycles. The van der Waals surface area contributed by atoms with Gasteiger partial charge in [0, 0.05) is 6.04 Å². The fourth-order valence-electron chi connectivity index (χ4n) is 2.87. The van der Waals surface area contributed by atoms with Crippen molar-refractivity contribution in [1.82, 2.24) is 9.55 Å². The van der Waals surface area contributed by atoms with E-state index in [9.17, 15) is 9.90 Å². The van der Waals surface area contributed by atoms with Crippen molar-refractivity contribution in [3.63, 3.8) is 0 Å². The van der Waals surface area contributed by atoms with E-state index in [0.717, 1.165) is 23.9 Å². The van der Waals surface area contributed by atoms with Crippen molar-refractivity contribution in [3.05, 3.63) is 23.8 Å². The number of hydrogen-bond acceptors (Lipinski definition) is 3. The van der Waals surface area contributed by atoms with Crippen LogP contribution in [-0.4, -0.2) is 26.2 Å². The second-order valence-corrected chi connectivity index (χ2v) is 6.92. The summed E-state index contributed by atoms with van der Waals surface area (Å²) in [5.74, 6) is 0.389. The molecule has 2 aromatic rings. The Kier molecular flexibility index (Phi) is 4.80. The SMILES string of the molecule is C.Cc1ccc2nc(NC(=O)CC(C)(C)O)n(C3CCC3)c2c1. The summed E-state index contributed by atoms with van der Waals surface area (Å²) in [6, 6.07) is 6.55. The molecule has 23 heavy (non-hydrogen) atoms. The highest BCUT2D eigenvalue weighted by atomic mass is 16.3. The van der Waals surface area contributed by atoms with E-state index in [1.165, 1.54) is 12.0 Å². The summed E-state index contributed by atoms with van der Waals surface area (Å²) in [6.45, 7) is 5.32. The average Bonchev–Trinajstić information content (AvgIpc) is 2.63. The summed E-state index contributed by atoms with van der Waals surface area (Å²) in [4.78, 5) is 16.7. The van der Waals surface area contributed by atoms with E-state index >= 15 is 0 Å². The first kappa shape index (κ1) is 17.5. The maximum atomic E-state index is 12.1. The molecule has 2 N–H and O–H groups in total. The van der Waals surface area contributed by atoms with Gasteiger partial charge in [-0.25, -0.2) is 4.98 Å². The number of anilines is 1. The largest absolute Gasteiger partial charge is 0.390 e. The lowest BCUT2D eigenvalue weighted by atomic mass is 9.92. The zero-order valence-electron chi connectivity index (χ0n) is 13.4. The standard InChI is InChI=1S/C17H23N3O2.CH4/c1-11-7-8-13-14(9-11)20(12-5-4-6-12)16(18-13)19-15(21)10-17(2,3)22;/h7-9,12,22H,4-6,10H2,1-3H3,(H,18,19,21);1H4. The van der Waals surface area contributed by atoms with Crippen LogP contribution < -0.4 is 5.32 Å². The number of aryl methyl sites for hydroxylation is 1. The van der Waals surface area contributed by atoms with Crippen LogP contribution >= 0.6 is 0 Å². The van der Waals surface area contributed by atoms with Gasteiger partial charge in [0.05, 0.1) is 23.1 Å². The molecule has 3 rings (SSSR count). The number of aromatic nitrogens is 2. The Balaban J connectivity index is 0.00000192. The summed E-state index contributed by atoms with van der Waals surface area (Å²) in [7, 11) is 0. The number of fused-ring (bicyclic) bond motifs is 1. The lowest BCUT2D eigenvalue weighted by Gasteiger charge is -2.29. The predicted octanol–water partition coefficient (Wildman–Crippen LogP) is 3.81. The van der Waals surface area contributed by atoms with Gasteiger partial charge in [-0.05, 0) is 57.7 Å². The van der Waals surface area contributed by atoms with Crippen LogP contribution in [0.4, 0.5) is 5.95 Å². The first-order chi connectivity index (χ1) is 10.3. The molecule has 1 amide bonds. The van der Waals surface area contributed by atoms with Gasteiger partial charge in [0.2, 0.25) is 11.9 Å². The fourth-order valence-corrected chi connectivity index (χ4v) is 2.87. The van der Waals surface area contributed by atoms with Gasteiger partial charge in [0.15, 0.2) is 0 Å². The molecule has 5 nitrogen and oxygen atoms in total. The minimum atomic E-state index is -1.02. The van der Waals surface area contributed by atoms with Gasteiger partial charge in [-0.3, -0.25) is 10.1 Å². The van der Waals surface area contributed by atoms with E-state index < -0.39 is 5.60 Å². The second kappa shape index (κ2) is 6.32. The molecular formula is C18H27N3O2. The van der Waals surface area contributed by atoms with Crippen molar-refractivity contribution >= 4 is 22.9 Å². The molecule has 0 radical (unpaired) electrons. The van der Waals surface area contributed by atoms with Crippen LogP contribution in [0.5, 0.6) is 0 Å². The second-order valence-electron chi connectivity index (χ2n) is 6.92. The Morgan fingerprint density at radius 2 is 2.13 bits per heavy atom. The molecular weight excluding hydrogens is 290 g/mol. The van der Waals surface area contributed by atoms with Crippen molar-refractivity contribution in [2.75, 3.05) is 5.32 Å². The van der Waals surface area contributed by atoms with Crippen molar-refractivity contribution in [1.29, 1.82) is 0 Å². The molecule has 0 saturated heterocycles. The van der Waals surface area contributed by atoms with E-state index in [-0.39, 0.29) is 19.8 Å². The minimum Gasteiger partial charge on any atom is -0.390 e. The first-order valence-corrected chi connectivity index (χ1v) is 7.84. The Morgan fingerprint density at radius 1 is 1.43 bits per heavy atom. The number of benzene rings is 1. The molecule has 1 fully saturated rings. The van der Waals surface area contributed by atoms with Crippen LogP contribution in [0.15, 0.2) is 18.2 Å². The summed E-state index contributed by atoms with van der Waals surface area (Å²) < 4.78 is 2.15. The van der Waals surface area contributed by atoms with Crippen LogP contribution in [0.3, 0.4) is 0 Å². The molecule has 126 valence electrons. The molecule has 0 atom stereocenters. The lowest BCUT2D eigenvalue weighted by Crippen LogP contribution is -2.29. The predicted molar refractivity (Wildman–Crippen MR) is 93.6 cm³/mol. The van der Waals surface area contributed by atoms with Crippen LogP contribution in [0, 0.1) is 6.92 Å². The average molecular weight is 317 g/mol. The van der Waals surface area contributed by atoms with E-state index in [1.54, 1.807) is 13.8 Å². The Morgan fingerprint density at radius 3 is 2.70 bits per heavy atom. The quantitative estimate of drug-likeness (QED) is 0.901. The van der Waals surface area contributed by atoms with Crippen LogP contribution in [0.2, 0.25) is 0 Å². The monoisotopic (exact) mass is 317 g/mol. The third-order valence-corrected chi connectivity index (χ3v) is 4.13. The minimum absolute atomic E-state index is 0. The Labute approximate surface area is 137 Å². The number of aliphatic hydroxyl groups is 1. The summed E-state index contributed by atoms with van der Waals surface area (Å²) in [5, 5.41) is 12.7. The number of amides is 1. The maximum absolute atomic E-state index is 12.1. The summed E-state index contributed by atoms with van der Waals surface area (Å²) >= 11 is 0. The highest BCUT2D eigenvalue weighted by molar-refractivity contribution is 5.92. The maximum Gasteiger partial charge on any atom is 0.229 e. The molecule has 0 bridgehead atoms. The molecule has 0 aliphatic heterocycles. The van der Waals surface area contributed by atoms with Crippen LogP contribution in [0.25, 0.3) is 11.0 Å². The van der Waals surface area contributed by atoms with Crippen molar-refractivity contribution in [2.45, 2.75) is 65.5 Å². The highest BCUT2D eigenvalue weighted by Gasteiger charge is 2.26. The van der Waals surface area contributed by atoms with Gasteiger partial charge in [-0.15, -0.1) is 0 Å². The van der Waals surface area contributed by atoms with Gasteiger partial charge in [0.1, 0.15) is 0 Å². The third kappa shape index (κ3) is 3.72. The molecule has 1 aromatic heterocycles. The lowest BCUT2D eigenvalue weighted by molar-refractivity contribution is -0.119. The number of imidazole rings is 1.